The van der Waals surface area contributed by atoms with Crippen molar-refractivity contribution in [3.8, 4) is 6.07 Å². The molecule has 5 nitrogen and oxygen atoms in total. The van der Waals surface area contributed by atoms with Crippen LogP contribution in [0.1, 0.15) is 12.0 Å². The molecule has 1 fully saturated rings. The van der Waals surface area contributed by atoms with Crippen molar-refractivity contribution in [2.24, 2.45) is 5.92 Å². The average molecular weight is 297 g/mol. The van der Waals surface area contributed by atoms with E-state index < -0.39 is 21.4 Å². The molecule has 1 aliphatic heterocycles. The molecule has 1 aromatic carbocycles. The Kier molecular flexibility index (Phi) is 4.38. The van der Waals surface area contributed by atoms with Crippen molar-refractivity contribution in [3.63, 3.8) is 0 Å². The van der Waals surface area contributed by atoms with E-state index in [-0.39, 0.29) is 10.8 Å². The number of benzene rings is 1. The quantitative estimate of drug-likeness (QED) is 0.897. The summed E-state index contributed by atoms with van der Waals surface area (Å²) in [6.07, 6.45) is 0.761. The predicted molar refractivity (Wildman–Crippen MR) is 71.9 cm³/mol. The zero-order chi connectivity index (χ0) is 14.8. The van der Waals surface area contributed by atoms with E-state index in [1.165, 1.54) is 16.4 Å². The van der Waals surface area contributed by atoms with Crippen LogP contribution in [0, 0.1) is 23.1 Å². The van der Waals surface area contributed by atoms with Crippen LogP contribution in [0.4, 0.5) is 4.39 Å². The first-order chi connectivity index (χ1) is 9.50. The Hall–Kier alpha value is -1.49. The third-order valence-corrected chi connectivity index (χ3v) is 5.35. The van der Waals surface area contributed by atoms with Crippen LogP contribution < -0.4 is 5.32 Å². The molecule has 0 aromatic heterocycles. The summed E-state index contributed by atoms with van der Waals surface area (Å²) in [6, 6.07) is 5.32. The molecule has 0 bridgehead atoms. The third-order valence-electron chi connectivity index (χ3n) is 3.45. The SMILES string of the molecule is CNCC1CCN(S(=O)(=O)c2cccc(F)c2C#N)C1. The molecule has 1 heterocycles. The van der Waals surface area contributed by atoms with Gasteiger partial charge in [0, 0.05) is 13.1 Å². The monoisotopic (exact) mass is 297 g/mol. The summed E-state index contributed by atoms with van der Waals surface area (Å²) < 4.78 is 39.9. The summed E-state index contributed by atoms with van der Waals surface area (Å²) in [6.45, 7) is 1.53. The molecular formula is C13H16FN3O2S. The summed E-state index contributed by atoms with van der Waals surface area (Å²) >= 11 is 0. The molecule has 0 spiro atoms. The van der Waals surface area contributed by atoms with Gasteiger partial charge >= 0.3 is 0 Å². The van der Waals surface area contributed by atoms with E-state index in [2.05, 4.69) is 5.32 Å². The fourth-order valence-corrected chi connectivity index (χ4v) is 4.12. The lowest BCUT2D eigenvalue weighted by Crippen LogP contribution is -2.31. The second-order valence-corrected chi connectivity index (χ2v) is 6.71. The van der Waals surface area contributed by atoms with Crippen LogP contribution in [0.2, 0.25) is 0 Å². The number of hydrogen-bond acceptors (Lipinski definition) is 4. The molecule has 1 saturated heterocycles. The molecule has 0 amide bonds. The number of sulfonamides is 1. The Morgan fingerprint density at radius 1 is 1.55 bits per heavy atom. The van der Waals surface area contributed by atoms with Gasteiger partial charge in [-0.2, -0.15) is 9.57 Å². The zero-order valence-corrected chi connectivity index (χ0v) is 12.0. The largest absolute Gasteiger partial charge is 0.319 e. The van der Waals surface area contributed by atoms with Gasteiger partial charge in [-0.05, 0) is 38.1 Å². The lowest BCUT2D eigenvalue weighted by atomic mass is 10.1. The summed E-state index contributed by atoms with van der Waals surface area (Å²) in [4.78, 5) is -0.245. The van der Waals surface area contributed by atoms with Gasteiger partial charge < -0.3 is 5.32 Å². The minimum absolute atomic E-state index is 0.244. The first-order valence-electron chi connectivity index (χ1n) is 6.34. The number of nitriles is 1. The van der Waals surface area contributed by atoms with Crippen molar-refractivity contribution >= 4 is 10.0 Å². The smallest absolute Gasteiger partial charge is 0.244 e. The highest BCUT2D eigenvalue weighted by atomic mass is 32.2. The van der Waals surface area contributed by atoms with E-state index in [1.54, 1.807) is 6.07 Å². The van der Waals surface area contributed by atoms with Gasteiger partial charge in [-0.1, -0.05) is 6.07 Å². The van der Waals surface area contributed by atoms with Gasteiger partial charge in [-0.25, -0.2) is 12.8 Å². The van der Waals surface area contributed by atoms with Crippen molar-refractivity contribution in [1.82, 2.24) is 9.62 Å². The molecular weight excluding hydrogens is 281 g/mol. The molecule has 0 radical (unpaired) electrons. The highest BCUT2D eigenvalue weighted by molar-refractivity contribution is 7.89. The normalized spacial score (nSPS) is 19.9. The third kappa shape index (κ3) is 2.68. The summed E-state index contributed by atoms with van der Waals surface area (Å²) in [5, 5.41) is 12.0. The Bertz CT molecular complexity index is 640. The topological polar surface area (TPSA) is 73.2 Å². The highest BCUT2D eigenvalue weighted by Gasteiger charge is 2.34. The summed E-state index contributed by atoms with van der Waals surface area (Å²) in [7, 11) is -2.00. The molecule has 1 atom stereocenters. The van der Waals surface area contributed by atoms with Crippen LogP contribution in [-0.4, -0.2) is 39.4 Å². The second-order valence-electron chi connectivity index (χ2n) is 4.80. The van der Waals surface area contributed by atoms with Gasteiger partial charge in [0.05, 0.1) is 0 Å². The fourth-order valence-electron chi connectivity index (χ4n) is 2.44. The molecule has 2 rings (SSSR count). The highest BCUT2D eigenvalue weighted by Crippen LogP contribution is 2.26. The minimum atomic E-state index is -3.81. The van der Waals surface area contributed by atoms with Crippen LogP contribution in [-0.2, 0) is 10.0 Å². The maximum Gasteiger partial charge on any atom is 0.244 e. The van der Waals surface area contributed by atoms with E-state index in [0.717, 1.165) is 19.0 Å². The van der Waals surface area contributed by atoms with Crippen LogP contribution in [0.25, 0.3) is 0 Å². The van der Waals surface area contributed by atoms with Gasteiger partial charge in [0.2, 0.25) is 10.0 Å². The molecule has 1 aliphatic rings. The molecule has 1 N–H and O–H groups in total. The number of nitrogens with one attached hydrogen (secondary N) is 1. The average Bonchev–Trinajstić information content (AvgIpc) is 2.88. The Balaban J connectivity index is 2.33. The van der Waals surface area contributed by atoms with Crippen molar-refractivity contribution in [1.29, 1.82) is 5.26 Å². The summed E-state index contributed by atoms with van der Waals surface area (Å²) in [5.41, 5.74) is -0.412. The maximum atomic E-state index is 13.5. The van der Waals surface area contributed by atoms with E-state index in [4.69, 9.17) is 5.26 Å². The van der Waals surface area contributed by atoms with E-state index >= 15 is 0 Å². The van der Waals surface area contributed by atoms with E-state index in [1.807, 2.05) is 7.05 Å². The molecule has 0 aliphatic carbocycles. The van der Waals surface area contributed by atoms with Crippen LogP contribution in [0.15, 0.2) is 23.1 Å². The van der Waals surface area contributed by atoms with Crippen molar-refractivity contribution < 1.29 is 12.8 Å². The van der Waals surface area contributed by atoms with Crippen LogP contribution in [0.3, 0.4) is 0 Å². The fraction of sp³-hybridized carbons (Fsp3) is 0.462. The van der Waals surface area contributed by atoms with Gasteiger partial charge in [0.15, 0.2) is 0 Å². The molecule has 108 valence electrons. The molecule has 0 saturated carbocycles. The number of rotatable bonds is 4. The lowest BCUT2D eigenvalue weighted by molar-refractivity contribution is 0.450. The first kappa shape index (κ1) is 14.9. The number of halogens is 1. The molecule has 1 unspecified atom stereocenters. The Morgan fingerprint density at radius 3 is 2.95 bits per heavy atom. The van der Waals surface area contributed by atoms with Gasteiger partial charge in [0.1, 0.15) is 22.3 Å². The van der Waals surface area contributed by atoms with Crippen molar-refractivity contribution in [2.45, 2.75) is 11.3 Å². The maximum absolute atomic E-state index is 13.5. The summed E-state index contributed by atoms with van der Waals surface area (Å²) in [5.74, 6) is -0.562. The number of nitrogens with zero attached hydrogens (tertiary/aromatic N) is 2. The van der Waals surface area contributed by atoms with Gasteiger partial charge in [-0.15, -0.1) is 0 Å². The zero-order valence-electron chi connectivity index (χ0n) is 11.1. The predicted octanol–water partition coefficient (Wildman–Crippen LogP) is 0.927. The van der Waals surface area contributed by atoms with Crippen LogP contribution >= 0.6 is 0 Å². The Labute approximate surface area is 118 Å². The van der Waals surface area contributed by atoms with Gasteiger partial charge in [-0.3, -0.25) is 0 Å². The standard InChI is InChI=1S/C13H16FN3O2S/c1-16-8-10-5-6-17(9-10)20(18,19)13-4-2-3-12(14)11(13)7-15/h2-4,10,16H,5-6,8-9H2,1H3. The molecule has 7 heteroatoms. The molecule has 1 aromatic rings. The van der Waals surface area contributed by atoms with Crippen molar-refractivity contribution in [2.75, 3.05) is 26.7 Å². The van der Waals surface area contributed by atoms with Crippen LogP contribution in [0.5, 0.6) is 0 Å². The Morgan fingerprint density at radius 2 is 2.30 bits per heavy atom. The van der Waals surface area contributed by atoms with E-state index in [9.17, 15) is 12.8 Å². The number of hydrogen-bond donors (Lipinski definition) is 1. The first-order valence-corrected chi connectivity index (χ1v) is 7.78. The van der Waals surface area contributed by atoms with Crippen molar-refractivity contribution in [3.05, 3.63) is 29.6 Å². The molecule has 20 heavy (non-hydrogen) atoms. The van der Waals surface area contributed by atoms with Gasteiger partial charge in [0.25, 0.3) is 0 Å². The van der Waals surface area contributed by atoms with E-state index in [0.29, 0.717) is 13.1 Å². The minimum Gasteiger partial charge on any atom is -0.319 e. The second kappa shape index (κ2) is 5.87. The lowest BCUT2D eigenvalue weighted by Gasteiger charge is -2.17.